The van der Waals surface area contributed by atoms with Crippen molar-refractivity contribution in [2.24, 2.45) is 0 Å². The summed E-state index contributed by atoms with van der Waals surface area (Å²) in [4.78, 5) is 16.3. The molecule has 1 aromatic carbocycles. The number of benzene rings is 1. The summed E-state index contributed by atoms with van der Waals surface area (Å²) in [5.41, 5.74) is 2.25. The number of halogens is 2. The van der Waals surface area contributed by atoms with Crippen LogP contribution in [0.25, 0.3) is 0 Å². The van der Waals surface area contributed by atoms with E-state index in [1.54, 1.807) is 12.4 Å². The van der Waals surface area contributed by atoms with Crippen LogP contribution in [0.4, 0.5) is 8.78 Å². The van der Waals surface area contributed by atoms with Gasteiger partial charge in [-0.1, -0.05) is 0 Å². The van der Waals surface area contributed by atoms with E-state index in [0.717, 1.165) is 18.2 Å². The zero-order valence-electron chi connectivity index (χ0n) is 9.04. The highest BCUT2D eigenvalue weighted by Gasteiger charge is 2.15. The maximum Gasteiger partial charge on any atom is 0.179 e. The van der Waals surface area contributed by atoms with Crippen molar-refractivity contribution >= 4 is 17.1 Å². The monoisotopic (exact) mass is 253 g/mol. The molecule has 1 heterocycles. The van der Waals surface area contributed by atoms with Gasteiger partial charge in [-0.15, -0.1) is 11.3 Å². The molecule has 2 aromatic rings. The minimum atomic E-state index is -0.568. The fourth-order valence-electron chi connectivity index (χ4n) is 1.50. The molecule has 0 radical (unpaired) electrons. The van der Waals surface area contributed by atoms with Gasteiger partial charge in [0.2, 0.25) is 0 Å². The molecule has 1 aromatic heterocycles. The summed E-state index contributed by atoms with van der Waals surface area (Å²) in [6.07, 6.45) is -0.146. The van der Waals surface area contributed by atoms with Crippen molar-refractivity contribution in [2.45, 2.75) is 13.3 Å². The number of carbonyl (C=O) groups is 1. The highest BCUT2D eigenvalue weighted by Crippen LogP contribution is 2.17. The Morgan fingerprint density at radius 2 is 2.18 bits per heavy atom. The third-order valence-corrected chi connectivity index (χ3v) is 3.33. The number of nitrogens with zero attached hydrogens (tertiary/aromatic N) is 1. The van der Waals surface area contributed by atoms with Crippen molar-refractivity contribution in [3.8, 4) is 0 Å². The second kappa shape index (κ2) is 4.71. The van der Waals surface area contributed by atoms with Crippen LogP contribution in [-0.2, 0) is 6.42 Å². The number of rotatable bonds is 3. The molecule has 2 rings (SSSR count). The van der Waals surface area contributed by atoms with Crippen LogP contribution in [0.3, 0.4) is 0 Å². The molecule has 0 spiro atoms. The van der Waals surface area contributed by atoms with Crippen molar-refractivity contribution in [3.63, 3.8) is 0 Å². The summed E-state index contributed by atoms with van der Waals surface area (Å²) in [6.45, 7) is 1.71. The Bertz CT molecular complexity index is 565. The zero-order chi connectivity index (χ0) is 12.4. The maximum atomic E-state index is 13.3. The lowest BCUT2D eigenvalue weighted by molar-refractivity contribution is 0.0995. The van der Waals surface area contributed by atoms with Gasteiger partial charge in [-0.05, 0) is 30.7 Å². The van der Waals surface area contributed by atoms with Crippen LogP contribution >= 0.6 is 11.3 Å². The Labute approximate surface area is 101 Å². The molecule has 2 nitrogen and oxygen atoms in total. The molecule has 0 aliphatic carbocycles. The van der Waals surface area contributed by atoms with Gasteiger partial charge in [0.05, 0.1) is 16.1 Å². The average molecular weight is 253 g/mol. The van der Waals surface area contributed by atoms with Gasteiger partial charge in [0.25, 0.3) is 0 Å². The number of thiazole rings is 1. The van der Waals surface area contributed by atoms with Gasteiger partial charge in [-0.2, -0.15) is 0 Å². The SMILES string of the molecule is Cc1ncsc1C(=O)Cc1cc(F)ccc1F. The van der Waals surface area contributed by atoms with Gasteiger partial charge in [0, 0.05) is 6.42 Å². The number of Topliss-reactive ketones (excluding diaryl/α,β-unsaturated/α-hetero) is 1. The molecule has 0 unspecified atom stereocenters. The summed E-state index contributed by atoms with van der Waals surface area (Å²) in [6, 6.07) is 3.10. The van der Waals surface area contributed by atoms with Gasteiger partial charge in [-0.3, -0.25) is 4.79 Å². The van der Waals surface area contributed by atoms with Crippen LogP contribution in [0.15, 0.2) is 23.7 Å². The van der Waals surface area contributed by atoms with Crippen LogP contribution in [0.1, 0.15) is 20.9 Å². The van der Waals surface area contributed by atoms with Crippen LogP contribution in [0.2, 0.25) is 0 Å². The van der Waals surface area contributed by atoms with Crippen molar-refractivity contribution in [2.75, 3.05) is 0 Å². The Balaban J connectivity index is 2.24. The van der Waals surface area contributed by atoms with E-state index in [9.17, 15) is 13.6 Å². The molecular weight excluding hydrogens is 244 g/mol. The fourth-order valence-corrected chi connectivity index (χ4v) is 2.24. The lowest BCUT2D eigenvalue weighted by atomic mass is 10.1. The Kier molecular flexibility index (Phi) is 3.28. The molecule has 0 aliphatic rings. The summed E-state index contributed by atoms with van der Waals surface area (Å²) >= 11 is 1.21. The molecule has 5 heteroatoms. The van der Waals surface area contributed by atoms with E-state index in [1.807, 2.05) is 0 Å². The largest absolute Gasteiger partial charge is 0.293 e. The second-order valence-electron chi connectivity index (χ2n) is 3.60. The first-order chi connectivity index (χ1) is 8.08. The van der Waals surface area contributed by atoms with Crippen molar-refractivity contribution < 1.29 is 13.6 Å². The van der Waals surface area contributed by atoms with Crippen LogP contribution in [0.5, 0.6) is 0 Å². The lowest BCUT2D eigenvalue weighted by Crippen LogP contribution is -2.05. The van der Waals surface area contributed by atoms with E-state index in [0.29, 0.717) is 10.6 Å². The quantitative estimate of drug-likeness (QED) is 0.786. The zero-order valence-corrected chi connectivity index (χ0v) is 9.85. The van der Waals surface area contributed by atoms with Gasteiger partial charge < -0.3 is 0 Å². The highest BCUT2D eigenvalue weighted by atomic mass is 32.1. The molecule has 0 saturated carbocycles. The summed E-state index contributed by atoms with van der Waals surface area (Å²) in [7, 11) is 0. The van der Waals surface area contributed by atoms with E-state index in [4.69, 9.17) is 0 Å². The standard InChI is InChI=1S/C12H9F2NOS/c1-7-12(17-6-15-7)11(16)5-8-4-9(13)2-3-10(8)14/h2-4,6H,5H2,1H3. The smallest absolute Gasteiger partial charge is 0.179 e. The summed E-state index contributed by atoms with van der Waals surface area (Å²) < 4.78 is 26.3. The first kappa shape index (κ1) is 11.9. The molecule has 88 valence electrons. The van der Waals surface area contributed by atoms with E-state index in [2.05, 4.69) is 4.98 Å². The summed E-state index contributed by atoms with van der Waals surface area (Å²) in [5.74, 6) is -1.35. The summed E-state index contributed by atoms with van der Waals surface area (Å²) in [5, 5.41) is 0. The van der Waals surface area contributed by atoms with Crippen molar-refractivity contribution in [3.05, 3.63) is 51.5 Å². The Morgan fingerprint density at radius 3 is 2.82 bits per heavy atom. The first-order valence-corrected chi connectivity index (χ1v) is 5.83. The average Bonchev–Trinajstić information content (AvgIpc) is 2.70. The fraction of sp³-hybridized carbons (Fsp3) is 0.167. The topological polar surface area (TPSA) is 30.0 Å². The lowest BCUT2D eigenvalue weighted by Gasteiger charge is -2.02. The number of aryl methyl sites for hydroxylation is 1. The Hall–Kier alpha value is -1.62. The molecule has 0 aliphatic heterocycles. The van der Waals surface area contributed by atoms with E-state index in [1.165, 1.54) is 11.3 Å². The molecule has 0 fully saturated rings. The van der Waals surface area contributed by atoms with E-state index >= 15 is 0 Å². The third kappa shape index (κ3) is 2.55. The molecular formula is C12H9F2NOS. The normalized spacial score (nSPS) is 10.5. The molecule has 0 atom stereocenters. The minimum absolute atomic E-state index is 0.0720. The van der Waals surface area contributed by atoms with Crippen LogP contribution in [-0.4, -0.2) is 10.8 Å². The maximum absolute atomic E-state index is 13.3. The third-order valence-electron chi connectivity index (χ3n) is 2.36. The minimum Gasteiger partial charge on any atom is -0.293 e. The number of aromatic nitrogens is 1. The first-order valence-electron chi connectivity index (χ1n) is 4.95. The second-order valence-corrected chi connectivity index (χ2v) is 4.46. The molecule has 0 saturated heterocycles. The highest BCUT2D eigenvalue weighted by molar-refractivity contribution is 7.11. The van der Waals surface area contributed by atoms with Gasteiger partial charge >= 0.3 is 0 Å². The molecule has 0 amide bonds. The Morgan fingerprint density at radius 1 is 1.41 bits per heavy atom. The van der Waals surface area contributed by atoms with Crippen molar-refractivity contribution in [1.82, 2.24) is 4.98 Å². The van der Waals surface area contributed by atoms with Crippen LogP contribution in [0, 0.1) is 18.6 Å². The molecule has 0 bridgehead atoms. The van der Waals surface area contributed by atoms with Gasteiger partial charge in [-0.25, -0.2) is 13.8 Å². The number of carbonyl (C=O) groups excluding carboxylic acids is 1. The molecule has 17 heavy (non-hydrogen) atoms. The molecule has 0 N–H and O–H groups in total. The number of ketones is 1. The van der Waals surface area contributed by atoms with Gasteiger partial charge in [0.15, 0.2) is 5.78 Å². The predicted octanol–water partition coefficient (Wildman–Crippen LogP) is 3.16. The predicted molar refractivity (Wildman–Crippen MR) is 61.2 cm³/mol. The number of hydrogen-bond acceptors (Lipinski definition) is 3. The van der Waals surface area contributed by atoms with Gasteiger partial charge in [0.1, 0.15) is 11.6 Å². The van der Waals surface area contributed by atoms with E-state index in [-0.39, 0.29) is 17.8 Å². The van der Waals surface area contributed by atoms with E-state index < -0.39 is 11.6 Å². The van der Waals surface area contributed by atoms with Crippen molar-refractivity contribution in [1.29, 1.82) is 0 Å². The van der Waals surface area contributed by atoms with Crippen LogP contribution < -0.4 is 0 Å². The number of hydrogen-bond donors (Lipinski definition) is 0.